The normalized spacial score (nSPS) is 9.32. The number of methoxy groups -OCH3 is 1. The first kappa shape index (κ1) is 12.9. The van der Waals surface area contributed by atoms with Gasteiger partial charge in [0.15, 0.2) is 0 Å². The van der Waals surface area contributed by atoms with E-state index in [4.69, 9.17) is 0 Å². The summed E-state index contributed by atoms with van der Waals surface area (Å²) in [5.41, 5.74) is 3.22. The molecule has 94 valence electrons. The molecule has 0 amide bonds. The highest BCUT2D eigenvalue weighted by molar-refractivity contribution is 5.72. The summed E-state index contributed by atoms with van der Waals surface area (Å²) in [4.78, 5) is 10.9. The lowest BCUT2D eigenvalue weighted by atomic mass is 10.0. The summed E-state index contributed by atoms with van der Waals surface area (Å²) in [5.74, 6) is 5.41. The molecule has 0 fully saturated rings. The Bertz CT molecular complexity index is 601. The summed E-state index contributed by atoms with van der Waals surface area (Å²) in [5, 5.41) is 0. The molecule has 0 radical (unpaired) electrons. The zero-order chi connectivity index (χ0) is 13.5. The predicted molar refractivity (Wildman–Crippen MR) is 75.4 cm³/mol. The number of carbonyl (C=O) groups is 1. The molecule has 2 aromatic rings. The average Bonchev–Trinajstić information content (AvgIpc) is 2.48. The molecule has 0 unspecified atom stereocenters. The Morgan fingerprint density at radius 2 is 1.63 bits per heavy atom. The lowest BCUT2D eigenvalue weighted by Gasteiger charge is -2.00. The zero-order valence-electron chi connectivity index (χ0n) is 10.7. The van der Waals surface area contributed by atoms with E-state index in [2.05, 4.69) is 28.7 Å². The average molecular weight is 250 g/mol. The highest BCUT2D eigenvalue weighted by atomic mass is 16.5. The van der Waals surface area contributed by atoms with Gasteiger partial charge in [-0.1, -0.05) is 54.3 Å². The van der Waals surface area contributed by atoms with Crippen molar-refractivity contribution in [2.24, 2.45) is 0 Å². The SMILES string of the molecule is COC(=O)CC#Cc1ccc(-c2ccccc2)cc1. The van der Waals surface area contributed by atoms with Gasteiger partial charge in [0.2, 0.25) is 0 Å². The van der Waals surface area contributed by atoms with E-state index < -0.39 is 0 Å². The number of hydrogen-bond donors (Lipinski definition) is 0. The van der Waals surface area contributed by atoms with E-state index in [1.54, 1.807) is 0 Å². The van der Waals surface area contributed by atoms with Gasteiger partial charge in [-0.25, -0.2) is 0 Å². The van der Waals surface area contributed by atoms with Crippen molar-refractivity contribution in [1.29, 1.82) is 0 Å². The van der Waals surface area contributed by atoms with Crippen molar-refractivity contribution in [3.8, 4) is 23.0 Å². The maximum Gasteiger partial charge on any atom is 0.317 e. The Morgan fingerprint density at radius 3 is 2.26 bits per heavy atom. The Hall–Kier alpha value is -2.53. The van der Waals surface area contributed by atoms with Gasteiger partial charge >= 0.3 is 5.97 Å². The summed E-state index contributed by atoms with van der Waals surface area (Å²) in [6, 6.07) is 18.1. The number of hydrogen-bond acceptors (Lipinski definition) is 2. The van der Waals surface area contributed by atoms with E-state index in [1.807, 2.05) is 42.5 Å². The zero-order valence-corrected chi connectivity index (χ0v) is 10.7. The van der Waals surface area contributed by atoms with Crippen molar-refractivity contribution in [3.63, 3.8) is 0 Å². The molecule has 2 heteroatoms. The van der Waals surface area contributed by atoms with Crippen molar-refractivity contribution in [1.82, 2.24) is 0 Å². The summed E-state index contributed by atoms with van der Waals surface area (Å²) in [6.07, 6.45) is 0.122. The first-order valence-corrected chi connectivity index (χ1v) is 6.01. The van der Waals surface area contributed by atoms with Crippen LogP contribution in [0.15, 0.2) is 54.6 Å². The molecule has 2 aromatic carbocycles. The number of carbonyl (C=O) groups excluding carboxylic acids is 1. The molecular weight excluding hydrogens is 236 g/mol. The molecule has 0 aliphatic heterocycles. The number of esters is 1. The van der Waals surface area contributed by atoms with Crippen LogP contribution in [0.5, 0.6) is 0 Å². The van der Waals surface area contributed by atoms with Gasteiger partial charge in [0.25, 0.3) is 0 Å². The van der Waals surface area contributed by atoms with Crippen molar-refractivity contribution in [3.05, 3.63) is 60.2 Å². The van der Waals surface area contributed by atoms with Crippen LogP contribution < -0.4 is 0 Å². The van der Waals surface area contributed by atoms with Crippen molar-refractivity contribution in [2.75, 3.05) is 7.11 Å². The van der Waals surface area contributed by atoms with Crippen LogP contribution in [-0.4, -0.2) is 13.1 Å². The van der Waals surface area contributed by atoms with Crippen LogP contribution in [0.1, 0.15) is 12.0 Å². The molecule has 2 rings (SSSR count). The lowest BCUT2D eigenvalue weighted by Crippen LogP contribution is -1.96. The molecule has 0 aliphatic rings. The Kier molecular flexibility index (Phi) is 4.36. The van der Waals surface area contributed by atoms with Gasteiger partial charge in [-0.2, -0.15) is 0 Å². The van der Waals surface area contributed by atoms with Crippen molar-refractivity contribution >= 4 is 5.97 Å². The maximum atomic E-state index is 10.9. The maximum absolute atomic E-state index is 10.9. The van der Waals surface area contributed by atoms with Crippen LogP contribution in [0.4, 0.5) is 0 Å². The fourth-order valence-corrected chi connectivity index (χ4v) is 1.67. The molecule has 0 atom stereocenters. The van der Waals surface area contributed by atoms with Crippen LogP contribution in [0.25, 0.3) is 11.1 Å². The third kappa shape index (κ3) is 3.72. The number of ether oxygens (including phenoxy) is 1. The van der Waals surface area contributed by atoms with Gasteiger partial charge in [-0.3, -0.25) is 4.79 Å². The first-order chi connectivity index (χ1) is 9.29. The van der Waals surface area contributed by atoms with Gasteiger partial charge in [-0.15, -0.1) is 0 Å². The van der Waals surface area contributed by atoms with E-state index in [0.29, 0.717) is 0 Å². The first-order valence-electron chi connectivity index (χ1n) is 6.01. The van der Waals surface area contributed by atoms with Gasteiger partial charge in [0.05, 0.1) is 7.11 Å². The van der Waals surface area contributed by atoms with Crippen LogP contribution in [0.2, 0.25) is 0 Å². The topological polar surface area (TPSA) is 26.3 Å². The second-order valence-electron chi connectivity index (χ2n) is 4.00. The summed E-state index contributed by atoms with van der Waals surface area (Å²) < 4.78 is 4.52. The molecule has 0 aromatic heterocycles. The van der Waals surface area contributed by atoms with E-state index in [-0.39, 0.29) is 12.4 Å². The molecule has 0 bridgehead atoms. The van der Waals surface area contributed by atoms with Crippen molar-refractivity contribution < 1.29 is 9.53 Å². The fraction of sp³-hybridized carbons (Fsp3) is 0.118. The van der Waals surface area contributed by atoms with Crippen LogP contribution >= 0.6 is 0 Å². The standard InChI is InChI=1S/C17H14O2/c1-19-17(18)9-5-6-14-10-12-16(13-11-14)15-7-3-2-4-8-15/h2-4,7-8,10-13H,9H2,1H3. The van der Waals surface area contributed by atoms with E-state index in [1.165, 1.54) is 12.7 Å². The largest absolute Gasteiger partial charge is 0.468 e. The summed E-state index contributed by atoms with van der Waals surface area (Å²) in [6.45, 7) is 0. The molecule has 0 N–H and O–H groups in total. The summed E-state index contributed by atoms with van der Waals surface area (Å²) >= 11 is 0. The number of rotatable bonds is 2. The minimum absolute atomic E-state index is 0.122. The molecule has 0 heterocycles. The smallest absolute Gasteiger partial charge is 0.317 e. The minimum Gasteiger partial charge on any atom is -0.468 e. The molecule has 0 spiro atoms. The van der Waals surface area contributed by atoms with E-state index >= 15 is 0 Å². The van der Waals surface area contributed by atoms with Gasteiger partial charge in [-0.05, 0) is 23.3 Å². The third-order valence-corrected chi connectivity index (χ3v) is 2.69. The lowest BCUT2D eigenvalue weighted by molar-refractivity contribution is -0.139. The van der Waals surface area contributed by atoms with E-state index in [9.17, 15) is 4.79 Å². The second-order valence-corrected chi connectivity index (χ2v) is 4.00. The quantitative estimate of drug-likeness (QED) is 0.604. The Balaban J connectivity index is 2.09. The van der Waals surface area contributed by atoms with Crippen LogP contribution in [0.3, 0.4) is 0 Å². The monoisotopic (exact) mass is 250 g/mol. The van der Waals surface area contributed by atoms with Gasteiger partial charge in [0, 0.05) is 5.56 Å². The second kappa shape index (κ2) is 6.42. The highest BCUT2D eigenvalue weighted by Gasteiger charge is 1.96. The minimum atomic E-state index is -0.312. The van der Waals surface area contributed by atoms with Gasteiger partial charge in [0.1, 0.15) is 6.42 Å². The fourth-order valence-electron chi connectivity index (χ4n) is 1.67. The van der Waals surface area contributed by atoms with Crippen LogP contribution in [-0.2, 0) is 9.53 Å². The van der Waals surface area contributed by atoms with Gasteiger partial charge < -0.3 is 4.74 Å². The summed E-state index contributed by atoms with van der Waals surface area (Å²) in [7, 11) is 1.36. The molecular formula is C17H14O2. The molecule has 0 saturated carbocycles. The van der Waals surface area contributed by atoms with E-state index in [0.717, 1.165) is 11.1 Å². The molecule has 19 heavy (non-hydrogen) atoms. The van der Waals surface area contributed by atoms with Crippen LogP contribution in [0, 0.1) is 11.8 Å². The Labute approximate surface area is 113 Å². The molecule has 2 nitrogen and oxygen atoms in total. The highest BCUT2D eigenvalue weighted by Crippen LogP contribution is 2.18. The van der Waals surface area contributed by atoms with Crippen molar-refractivity contribution in [2.45, 2.75) is 6.42 Å². The molecule has 0 saturated heterocycles. The Morgan fingerprint density at radius 1 is 1.00 bits per heavy atom. The number of benzene rings is 2. The predicted octanol–water partition coefficient (Wildman–Crippen LogP) is 3.27. The third-order valence-electron chi connectivity index (χ3n) is 2.69. The molecule has 0 aliphatic carbocycles.